The number of carbonyl (C=O) groups is 4. The zero-order valence-electron chi connectivity index (χ0n) is 23.2. The second-order valence-electron chi connectivity index (χ2n) is 10.4. The second-order valence-corrected chi connectivity index (χ2v) is 10.4. The highest BCUT2D eigenvalue weighted by Gasteiger charge is 2.31. The molecule has 1 heterocycles. The Hall–Kier alpha value is -4.65. The summed E-state index contributed by atoms with van der Waals surface area (Å²) in [4.78, 5) is 56.4. The summed E-state index contributed by atoms with van der Waals surface area (Å²) in [6, 6.07) is 11.7. The number of benzene rings is 2. The standard InChI is InChI=1S/C29H33FN4O8/c1-29(2,42-28(40)41-16-25(36)37)11-10-18(26(31)38)14-24(35)22(13-17-6-5-7-19(30)12-17)34-27(39)23-15-32-20-8-3-4-9-21(20)33-23/h3-9,12,15,18,22,24,35H,10-11,13-14,16H2,1-2H3,(H2,31,38)(H,34,39)(H,36,37). The van der Waals surface area contributed by atoms with Gasteiger partial charge in [-0.2, -0.15) is 0 Å². The first-order chi connectivity index (χ1) is 19.8. The minimum atomic E-state index is -1.35. The highest BCUT2D eigenvalue weighted by Crippen LogP contribution is 2.25. The van der Waals surface area contributed by atoms with Gasteiger partial charge in [-0.25, -0.2) is 19.0 Å². The van der Waals surface area contributed by atoms with E-state index < -0.39 is 60.0 Å². The Labute approximate surface area is 241 Å². The number of hydrogen-bond acceptors (Lipinski definition) is 9. The average molecular weight is 585 g/mol. The van der Waals surface area contributed by atoms with Gasteiger partial charge in [-0.1, -0.05) is 24.3 Å². The molecule has 3 rings (SSSR count). The molecule has 2 amide bonds. The molecule has 3 unspecified atom stereocenters. The summed E-state index contributed by atoms with van der Waals surface area (Å²) in [6.07, 6.45) is -1.12. The Morgan fingerprint density at radius 3 is 2.48 bits per heavy atom. The molecule has 0 aliphatic heterocycles. The van der Waals surface area contributed by atoms with Crippen LogP contribution in [0.3, 0.4) is 0 Å². The summed E-state index contributed by atoms with van der Waals surface area (Å²) >= 11 is 0. The van der Waals surface area contributed by atoms with E-state index in [-0.39, 0.29) is 31.4 Å². The summed E-state index contributed by atoms with van der Waals surface area (Å²) in [7, 11) is 0. The van der Waals surface area contributed by atoms with Gasteiger partial charge in [-0.05, 0) is 69.4 Å². The fraction of sp³-hybridized carbons (Fsp3) is 0.379. The third-order valence-corrected chi connectivity index (χ3v) is 6.50. The molecule has 0 saturated heterocycles. The van der Waals surface area contributed by atoms with E-state index in [0.29, 0.717) is 16.6 Å². The van der Waals surface area contributed by atoms with E-state index in [9.17, 15) is 28.7 Å². The molecule has 0 saturated carbocycles. The molecule has 1 aromatic heterocycles. The van der Waals surface area contributed by atoms with E-state index in [1.807, 2.05) is 0 Å². The molecular weight excluding hydrogens is 551 g/mol. The average Bonchev–Trinajstić information content (AvgIpc) is 2.93. The van der Waals surface area contributed by atoms with Gasteiger partial charge >= 0.3 is 12.1 Å². The number of aliphatic hydroxyl groups excluding tert-OH is 1. The van der Waals surface area contributed by atoms with Gasteiger partial charge in [-0.15, -0.1) is 0 Å². The lowest BCUT2D eigenvalue weighted by Crippen LogP contribution is -2.46. The summed E-state index contributed by atoms with van der Waals surface area (Å²) < 4.78 is 23.5. The lowest BCUT2D eigenvalue weighted by atomic mass is 9.87. The van der Waals surface area contributed by atoms with E-state index in [4.69, 9.17) is 15.6 Å². The number of ether oxygens (including phenoxy) is 2. The van der Waals surface area contributed by atoms with Crippen LogP contribution >= 0.6 is 0 Å². The summed E-state index contributed by atoms with van der Waals surface area (Å²) in [5, 5.41) is 22.6. The Morgan fingerprint density at radius 1 is 1.10 bits per heavy atom. The van der Waals surface area contributed by atoms with Gasteiger partial charge in [0.15, 0.2) is 6.61 Å². The van der Waals surface area contributed by atoms with Crippen molar-refractivity contribution >= 4 is 35.0 Å². The lowest BCUT2D eigenvalue weighted by molar-refractivity contribution is -0.142. The number of rotatable bonds is 14. The van der Waals surface area contributed by atoms with Crippen LogP contribution in [-0.4, -0.2) is 68.5 Å². The Bertz CT molecular complexity index is 1430. The van der Waals surface area contributed by atoms with Gasteiger partial charge in [0.2, 0.25) is 5.91 Å². The van der Waals surface area contributed by atoms with Crippen molar-refractivity contribution < 1.29 is 43.3 Å². The Balaban J connectivity index is 1.73. The quantitative estimate of drug-likeness (QED) is 0.205. The number of carboxylic acid groups (broad SMARTS) is 1. The molecule has 13 heteroatoms. The highest BCUT2D eigenvalue weighted by molar-refractivity contribution is 5.94. The largest absolute Gasteiger partial charge is 0.509 e. The van der Waals surface area contributed by atoms with Gasteiger partial charge in [-0.3, -0.25) is 14.6 Å². The number of nitrogens with two attached hydrogens (primary N) is 1. The molecule has 0 radical (unpaired) electrons. The fourth-order valence-electron chi connectivity index (χ4n) is 4.29. The molecule has 224 valence electrons. The van der Waals surface area contributed by atoms with Gasteiger partial charge < -0.3 is 30.7 Å². The maximum absolute atomic E-state index is 13.9. The normalized spacial score (nSPS) is 13.5. The first kappa shape index (κ1) is 31.9. The van der Waals surface area contributed by atoms with Crippen LogP contribution in [0.5, 0.6) is 0 Å². The minimum Gasteiger partial charge on any atom is -0.479 e. The van der Waals surface area contributed by atoms with Crippen LogP contribution in [0.15, 0.2) is 54.7 Å². The first-order valence-corrected chi connectivity index (χ1v) is 13.1. The second kappa shape index (κ2) is 14.3. The van der Waals surface area contributed by atoms with E-state index in [1.165, 1.54) is 24.4 Å². The van der Waals surface area contributed by atoms with Crippen molar-refractivity contribution in [3.05, 3.63) is 71.8 Å². The number of aliphatic carboxylic acids is 1. The molecule has 0 fully saturated rings. The predicted octanol–water partition coefficient (Wildman–Crippen LogP) is 2.76. The van der Waals surface area contributed by atoms with Crippen LogP contribution < -0.4 is 11.1 Å². The van der Waals surface area contributed by atoms with Crippen LogP contribution in [0.2, 0.25) is 0 Å². The van der Waals surface area contributed by atoms with Crippen molar-refractivity contribution in [3.63, 3.8) is 0 Å². The number of primary amides is 1. The number of aliphatic hydroxyl groups is 1. The van der Waals surface area contributed by atoms with E-state index in [0.717, 1.165) is 0 Å². The zero-order chi connectivity index (χ0) is 30.9. The molecule has 12 nitrogen and oxygen atoms in total. The molecule has 0 aliphatic carbocycles. The summed E-state index contributed by atoms with van der Waals surface area (Å²) in [5.41, 5.74) is 6.05. The molecule has 5 N–H and O–H groups in total. The van der Waals surface area contributed by atoms with E-state index in [2.05, 4.69) is 20.0 Å². The predicted molar refractivity (Wildman–Crippen MR) is 148 cm³/mol. The van der Waals surface area contributed by atoms with Crippen LogP contribution in [0.25, 0.3) is 11.0 Å². The Morgan fingerprint density at radius 2 is 1.81 bits per heavy atom. The number of amides is 2. The lowest BCUT2D eigenvalue weighted by Gasteiger charge is -2.29. The molecule has 3 aromatic rings. The number of hydrogen-bond donors (Lipinski definition) is 4. The molecule has 0 spiro atoms. The third kappa shape index (κ3) is 9.77. The molecule has 42 heavy (non-hydrogen) atoms. The SMILES string of the molecule is CC(C)(CCC(CC(O)C(Cc1cccc(F)c1)NC(=O)c1cnc2ccccc2n1)C(N)=O)OC(=O)OCC(=O)O. The van der Waals surface area contributed by atoms with Gasteiger partial charge in [0.25, 0.3) is 5.91 Å². The maximum atomic E-state index is 13.9. The third-order valence-electron chi connectivity index (χ3n) is 6.50. The van der Waals surface area contributed by atoms with Gasteiger partial charge in [0.1, 0.15) is 17.1 Å². The minimum absolute atomic E-state index is 0.00489. The number of nitrogens with zero attached hydrogens (tertiary/aromatic N) is 2. The maximum Gasteiger partial charge on any atom is 0.509 e. The summed E-state index contributed by atoms with van der Waals surface area (Å²) in [6.45, 7) is 2.22. The number of halogens is 1. The fourth-order valence-corrected chi connectivity index (χ4v) is 4.29. The van der Waals surface area contributed by atoms with Crippen LogP contribution in [0, 0.1) is 11.7 Å². The van der Waals surface area contributed by atoms with Crippen molar-refractivity contribution in [2.45, 2.75) is 57.3 Å². The number of fused-ring (bicyclic) bond motifs is 1. The molecule has 0 aliphatic rings. The smallest absolute Gasteiger partial charge is 0.479 e. The zero-order valence-corrected chi connectivity index (χ0v) is 23.2. The van der Waals surface area contributed by atoms with Crippen molar-refractivity contribution in [3.8, 4) is 0 Å². The highest BCUT2D eigenvalue weighted by atomic mass is 19.1. The van der Waals surface area contributed by atoms with Crippen LogP contribution in [-0.2, 0) is 25.5 Å². The number of para-hydroxylation sites is 2. The number of aromatic nitrogens is 2. The monoisotopic (exact) mass is 584 g/mol. The number of carbonyl (C=O) groups excluding carboxylic acids is 3. The molecule has 3 atom stereocenters. The molecule has 0 bridgehead atoms. The molecular formula is C29H33FN4O8. The summed E-state index contributed by atoms with van der Waals surface area (Å²) in [5.74, 6) is -4.09. The number of carboxylic acids is 1. The van der Waals surface area contributed by atoms with Crippen LogP contribution in [0.1, 0.15) is 49.2 Å². The topological polar surface area (TPSA) is 191 Å². The van der Waals surface area contributed by atoms with Crippen molar-refractivity contribution in [1.82, 2.24) is 15.3 Å². The van der Waals surface area contributed by atoms with E-state index in [1.54, 1.807) is 44.2 Å². The Kier molecular flexibility index (Phi) is 10.9. The number of nitrogens with one attached hydrogen (secondary N) is 1. The van der Waals surface area contributed by atoms with Gasteiger partial charge in [0, 0.05) is 5.92 Å². The van der Waals surface area contributed by atoms with Gasteiger partial charge in [0.05, 0.1) is 29.4 Å². The van der Waals surface area contributed by atoms with Crippen LogP contribution in [0.4, 0.5) is 9.18 Å². The van der Waals surface area contributed by atoms with E-state index >= 15 is 0 Å². The molecule has 2 aromatic carbocycles. The van der Waals surface area contributed by atoms with Crippen molar-refractivity contribution in [1.29, 1.82) is 0 Å². The van der Waals surface area contributed by atoms with Crippen molar-refractivity contribution in [2.24, 2.45) is 11.7 Å². The van der Waals surface area contributed by atoms with Crippen molar-refractivity contribution in [2.75, 3.05) is 6.61 Å². The first-order valence-electron chi connectivity index (χ1n) is 13.1.